The second kappa shape index (κ2) is 71.1. The van der Waals surface area contributed by atoms with E-state index in [2.05, 4.69) is 21.3 Å². The summed E-state index contributed by atoms with van der Waals surface area (Å²) in [4.78, 5) is 0. The highest BCUT2D eigenvalue weighted by Crippen LogP contribution is 2.26. The zero-order valence-electron chi connectivity index (χ0n) is 126. The minimum atomic E-state index is -2.92. The van der Waals surface area contributed by atoms with Crippen LogP contribution in [0, 0.1) is 0 Å². The molecule has 0 saturated heterocycles. The van der Waals surface area contributed by atoms with E-state index in [1.165, 1.54) is 176 Å². The van der Waals surface area contributed by atoms with Crippen LogP contribution in [0.3, 0.4) is 0 Å². The van der Waals surface area contributed by atoms with Gasteiger partial charge in [0.2, 0.25) is 0 Å². The van der Waals surface area contributed by atoms with Gasteiger partial charge < -0.3 is 171 Å². The van der Waals surface area contributed by atoms with Crippen LogP contribution < -0.4 is 58.5 Å². The fraction of sp³-hybridized carbons (Fsp3) is 0.333. The Balaban J connectivity index is 0.00000104. The predicted octanol–water partition coefficient (Wildman–Crippen LogP) is 7.10. The van der Waals surface area contributed by atoms with Gasteiger partial charge in [-0.3, -0.25) is 0 Å². The van der Waals surface area contributed by atoms with Crippen molar-refractivity contribution in [2.45, 2.75) is 67.0 Å². The second-order valence-corrected chi connectivity index (χ2v) is 24.8. The first-order valence-electron chi connectivity index (χ1n) is 65.7. The molecule has 132 heavy (non-hydrogen) atoms. The van der Waals surface area contributed by atoms with Crippen molar-refractivity contribution in [2.75, 3.05) is 148 Å². The lowest BCUT2D eigenvalue weighted by Gasteiger charge is -2.09. The van der Waals surface area contributed by atoms with Crippen molar-refractivity contribution in [1.29, 1.82) is 0 Å². The van der Waals surface area contributed by atoms with Crippen molar-refractivity contribution in [3.8, 4) is 63.2 Å². The van der Waals surface area contributed by atoms with E-state index < -0.39 is 268 Å². The average Bonchev–Trinajstić information content (AvgIpc) is 0.767. The Hall–Kier alpha value is -11.7. The van der Waals surface area contributed by atoms with Crippen molar-refractivity contribution in [2.24, 2.45) is 0 Å². The molecule has 11 aromatic rings. The van der Waals surface area contributed by atoms with Gasteiger partial charge in [0, 0.05) is 131 Å². The van der Waals surface area contributed by atoms with Crippen molar-refractivity contribution in [3.05, 3.63) is 328 Å². The molecule has 0 aliphatic heterocycles. The van der Waals surface area contributed by atoms with E-state index in [0.717, 1.165) is 18.2 Å². The van der Waals surface area contributed by atoms with E-state index in [9.17, 15) is 102 Å². The minimum absolute atomic E-state index is 0.0421. The van der Waals surface area contributed by atoms with E-state index in [1.807, 2.05) is 10.6 Å². The van der Waals surface area contributed by atoms with Crippen LogP contribution in [0.2, 0.25) is 0 Å². The van der Waals surface area contributed by atoms with Crippen LogP contribution in [0.15, 0.2) is 267 Å². The van der Waals surface area contributed by atoms with Gasteiger partial charge in [-0.05, 0) is 271 Å². The molecule has 0 aromatic heterocycles. The van der Waals surface area contributed by atoms with Crippen LogP contribution in [0.4, 0.5) is 0 Å². The van der Waals surface area contributed by atoms with E-state index in [0.29, 0.717) is 11.1 Å². The van der Waals surface area contributed by atoms with Crippen molar-refractivity contribution in [3.63, 3.8) is 0 Å². The van der Waals surface area contributed by atoms with Gasteiger partial charge in [-0.25, -0.2) is 0 Å². The second-order valence-electron chi connectivity index (χ2n) is 24.8. The number of hydrogen-bond donors (Lipinski definition) is 33. The van der Waals surface area contributed by atoms with Gasteiger partial charge in [0.1, 0.15) is 63.2 Å². The first-order valence-corrected chi connectivity index (χ1v) is 37.2. The molecule has 0 heterocycles. The molecule has 33 heteroatoms. The largest absolute Gasteiger partial charge is 0.508 e. The van der Waals surface area contributed by atoms with E-state index >= 15 is 0 Å². The summed E-state index contributed by atoms with van der Waals surface area (Å²) >= 11 is 0. The number of nitrogens with one attached hydrogen (secondary N) is 11. The van der Waals surface area contributed by atoms with Crippen molar-refractivity contribution < 1.29 is 190 Å². The van der Waals surface area contributed by atoms with Gasteiger partial charge in [0.15, 0.2) is 0 Å². The highest BCUT2D eigenvalue weighted by atomic mass is 16.3. The molecule has 0 fully saturated rings. The maximum atomic E-state index is 9.91. The van der Waals surface area contributed by atoms with Crippen LogP contribution in [-0.4, -0.2) is 261 Å². The van der Waals surface area contributed by atoms with Crippen molar-refractivity contribution in [1.82, 2.24) is 58.5 Å². The van der Waals surface area contributed by atoms with Crippen LogP contribution in [-0.2, 0) is 0 Å². The molecular weight excluding hydrogens is 1700 g/mol. The number of aromatic hydroxyl groups is 11. The molecule has 11 atom stereocenters. The molecule has 11 aromatic carbocycles. The Morgan fingerprint density at radius 2 is 0.402 bits per heavy atom. The summed E-state index contributed by atoms with van der Waals surface area (Å²) in [5.74, 6) is -2.90. The van der Waals surface area contributed by atoms with Crippen molar-refractivity contribution >= 4 is 0 Å². The molecule has 0 spiro atoms. The Bertz CT molecular complexity index is 6970. The fourth-order valence-corrected chi connectivity index (χ4v) is 9.05. The van der Waals surface area contributed by atoms with Gasteiger partial charge in [0.25, 0.3) is 0 Å². The van der Waals surface area contributed by atoms with Gasteiger partial charge in [-0.1, -0.05) is 133 Å². The van der Waals surface area contributed by atoms with Crippen LogP contribution in [0.25, 0.3) is 0 Å². The number of likely N-dealkylation sites (N-methyl/N-ethyl adjacent to an activating group) is 11. The van der Waals surface area contributed by atoms with Gasteiger partial charge in [-0.2, -0.15) is 0 Å². The standard InChI is InChI=1S/11C9H13NO2/c11*1-10-6-9(12)7-3-2-4-8(11)5-7/h11*2-5,9-12H,6H2,1H3/t8*9-;;;/m11110000.../s1/i1D3,6D2,9D;1D3,9D;1D3,6D2;1D3;1D3,6D2,9D;1D3,9D;1D3,6D2;1D3;1D3,2D,3D,4D,5D,9D;1D3,2D,3D,4D,5D;1D3,6D2,9D. The average molecular weight is 1900 g/mol. The molecule has 0 amide bonds. The lowest BCUT2D eigenvalue weighted by Crippen LogP contribution is -2.16. The minimum Gasteiger partial charge on any atom is -0.508 e. The fourth-order valence-electron chi connectivity index (χ4n) is 9.05. The molecule has 0 saturated carbocycles. The highest BCUT2D eigenvalue weighted by Gasteiger charge is 2.14. The molecule has 0 aliphatic rings. The SMILES string of the molecule is [2H]C([2H])([2H])NC([2H])([2H])C([2H])(O)c1cccc(O)c1.[2H]C([2H])([2H])NC([2H])([2H])[C@@H](O)c1cccc(O)c1.[2H]C([2H])([2H])NC([2H])([2H])[C@@]([2H])(O)c1cccc(O)c1.[2H]C([2H])([2H])NC([2H])([2H])[C@H](O)c1cccc(O)c1.[2H]C([2H])([2H])NC([2H])([2H])[C@]([2H])(O)c1cccc(O)c1.[2H]C([2H])([2H])NC[C@@H](O)c1cccc(O)c1.[2H]C([2H])([2H])NC[C@@]([2H])(O)c1cccc(O)c1.[2H]C([2H])([2H])NC[C@H](O)c1cccc(O)c1.[2H]C([2H])([2H])NC[C@]([2H])(O)c1cccc(O)c1.[2H]c1c([2H])c(O)c([2H])c(C(O)CNC([2H])([2H])[2H])c1[2H].[2H]c1c([2H])c(O)c([2H])c(C([2H])(O)CNC([2H])([2H])[2H])c1[2H]. The maximum absolute atomic E-state index is 9.91. The Morgan fingerprint density at radius 1 is 0.212 bits per heavy atom. The predicted molar refractivity (Wildman–Crippen MR) is 517 cm³/mol. The number of aliphatic hydroxyl groups is 11. The molecule has 0 radical (unpaired) electrons. The molecular formula is C99H143N11O22. The number of rotatable bonds is 33. The quantitative estimate of drug-likeness (QED) is 0.0195. The summed E-state index contributed by atoms with van der Waals surface area (Å²) < 4.78 is 408. The summed E-state index contributed by atoms with van der Waals surface area (Å²) in [6.45, 7) is -44.7. The highest BCUT2D eigenvalue weighted by molar-refractivity contribution is 5.37. The Morgan fingerprint density at radius 3 is 0.652 bits per heavy atom. The summed E-state index contributed by atoms with van der Waals surface area (Å²) in [5.41, 5.74) is -0.494. The smallest absolute Gasteiger partial charge is 0.115 e. The number of phenolic OH excluding ortho intramolecular Hbond substituents is 11. The molecule has 3 unspecified atom stereocenters. The Kier molecular flexibility index (Phi) is 29.3. The molecule has 11 rings (SSSR count). The van der Waals surface area contributed by atoms with Crippen LogP contribution in [0.5, 0.6) is 63.2 Å². The third kappa shape index (κ3) is 53.0. The third-order valence-electron chi connectivity index (χ3n) is 15.1. The maximum Gasteiger partial charge on any atom is 0.115 e. The van der Waals surface area contributed by atoms with Gasteiger partial charge in [0.05, 0.1) is 86.2 Å². The lowest BCUT2D eigenvalue weighted by atomic mass is 10.1. The number of phenols is 11. The van der Waals surface area contributed by atoms with E-state index in [4.69, 9.17) is 88.3 Å². The van der Waals surface area contributed by atoms with E-state index in [1.54, 1.807) is 50.8 Å². The number of hydrogen-bond acceptors (Lipinski definition) is 33. The summed E-state index contributed by atoms with van der Waals surface area (Å²) in [7, 11) is 0. The zero-order valence-corrected chi connectivity index (χ0v) is 69.3. The monoisotopic (exact) mass is 1900 g/mol. The summed E-state index contributed by atoms with van der Waals surface area (Å²) in [5, 5.41) is 230. The molecule has 726 valence electrons. The molecule has 33 N–H and O–H groups in total. The third-order valence-corrected chi connectivity index (χ3v) is 15.1. The Labute approximate surface area is 855 Å². The first kappa shape index (κ1) is 54.5. The van der Waals surface area contributed by atoms with Gasteiger partial charge in [-0.15, -0.1) is 0 Å². The lowest BCUT2D eigenvalue weighted by molar-refractivity contribution is 0.177. The zero-order chi connectivity index (χ0) is 148. The molecule has 33 nitrogen and oxygen atoms in total. The normalized spacial score (nSPS) is 22.2. The van der Waals surface area contributed by atoms with E-state index in [-0.39, 0.29) is 109 Å². The number of aliphatic hydroxyl groups excluding tert-OH is 5. The topological polar surface area (TPSA) is 577 Å². The molecule has 0 aliphatic carbocycles. The summed E-state index contributed by atoms with van der Waals surface area (Å²) in [6, 6.07) is 42.7. The first-order chi connectivity index (χ1) is 84.7. The molecule has 0 bridgehead atoms. The van der Waals surface area contributed by atoms with Crippen LogP contribution >= 0.6 is 0 Å². The van der Waals surface area contributed by atoms with Gasteiger partial charge >= 0.3 is 0 Å². The number of benzene rings is 11. The van der Waals surface area contributed by atoms with Crippen LogP contribution in [0.1, 0.15) is 206 Å². The summed E-state index contributed by atoms with van der Waals surface area (Å²) in [6.07, 6.45) is -22.3.